The van der Waals surface area contributed by atoms with Gasteiger partial charge in [-0.05, 0) is 65.8 Å². The number of rotatable bonds is 3. The quantitative estimate of drug-likeness (QED) is 0.540. The van der Waals surface area contributed by atoms with Crippen LogP contribution in [-0.4, -0.2) is 117 Å². The Morgan fingerprint density at radius 2 is 0.857 bits per heavy atom. The highest BCUT2D eigenvalue weighted by molar-refractivity contribution is 5.95. The lowest BCUT2D eigenvalue weighted by Crippen LogP contribution is -2.51. The third kappa shape index (κ3) is 7.95. The number of carbonyl (C=O) groups excluding carboxylic acids is 4. The number of hydrogen-bond acceptors (Lipinski definition) is 8. The van der Waals surface area contributed by atoms with Crippen molar-refractivity contribution in [3.8, 4) is 11.4 Å². The van der Waals surface area contributed by atoms with E-state index in [1.54, 1.807) is 43.9 Å². The maximum atomic E-state index is 13.0. The van der Waals surface area contributed by atoms with Crippen LogP contribution in [0.5, 0.6) is 0 Å². The summed E-state index contributed by atoms with van der Waals surface area (Å²) in [7, 11) is 0. The fourth-order valence-electron chi connectivity index (χ4n) is 4.55. The highest BCUT2D eigenvalue weighted by atomic mass is 16.6. The van der Waals surface area contributed by atoms with Crippen molar-refractivity contribution in [3.63, 3.8) is 0 Å². The molecule has 0 N–H and O–H groups in total. The molecular weight excluding hydrogens is 540 g/mol. The van der Waals surface area contributed by atoms with E-state index in [9.17, 15) is 19.2 Å². The van der Waals surface area contributed by atoms with E-state index < -0.39 is 11.2 Å². The smallest absolute Gasteiger partial charge is 0.410 e. The number of nitrogens with zero attached hydrogens (tertiary/aromatic N) is 6. The Labute approximate surface area is 246 Å². The molecule has 12 nitrogen and oxygen atoms in total. The monoisotopic (exact) mass is 580 g/mol. The van der Waals surface area contributed by atoms with E-state index in [-0.39, 0.29) is 24.0 Å². The molecule has 0 spiro atoms. The van der Waals surface area contributed by atoms with Crippen LogP contribution in [0, 0.1) is 0 Å². The summed E-state index contributed by atoms with van der Waals surface area (Å²) in [4.78, 5) is 66.1. The second-order valence-corrected chi connectivity index (χ2v) is 12.4. The molecule has 0 aliphatic carbocycles. The number of piperazine rings is 2. The van der Waals surface area contributed by atoms with Gasteiger partial charge in [-0.15, -0.1) is 0 Å². The number of hydrogen-bond donors (Lipinski definition) is 0. The summed E-state index contributed by atoms with van der Waals surface area (Å²) >= 11 is 0. The van der Waals surface area contributed by atoms with Crippen molar-refractivity contribution < 1.29 is 28.7 Å². The van der Waals surface area contributed by atoms with Crippen molar-refractivity contribution in [3.05, 3.63) is 47.8 Å². The van der Waals surface area contributed by atoms with Crippen LogP contribution >= 0.6 is 0 Å². The molecule has 2 aliphatic rings. The molecule has 42 heavy (non-hydrogen) atoms. The van der Waals surface area contributed by atoms with Crippen LogP contribution in [-0.2, 0) is 9.47 Å². The minimum absolute atomic E-state index is 0.154. The molecular formula is C30H40N6O6. The maximum absolute atomic E-state index is 13.0. The molecule has 0 aromatic carbocycles. The van der Waals surface area contributed by atoms with Gasteiger partial charge < -0.3 is 29.1 Å². The van der Waals surface area contributed by atoms with Crippen molar-refractivity contribution in [1.82, 2.24) is 29.6 Å². The van der Waals surface area contributed by atoms with Crippen molar-refractivity contribution >= 4 is 24.0 Å². The van der Waals surface area contributed by atoms with Crippen LogP contribution in [0.1, 0.15) is 62.3 Å². The Hall–Kier alpha value is -4.22. The van der Waals surface area contributed by atoms with E-state index in [4.69, 9.17) is 9.47 Å². The van der Waals surface area contributed by atoms with Crippen molar-refractivity contribution in [2.45, 2.75) is 52.7 Å². The number of ether oxygens (including phenoxy) is 2. The number of aromatic nitrogens is 2. The first-order chi connectivity index (χ1) is 19.7. The average Bonchev–Trinajstić information content (AvgIpc) is 2.95. The van der Waals surface area contributed by atoms with Gasteiger partial charge in [0.25, 0.3) is 11.8 Å². The standard InChI is InChI=1S/C30H40N6O6/c1-29(2,3)41-27(39)35-15-11-33(12-16-35)25(37)21-7-9-23(31-19-21)24-10-8-22(20-32-24)26(38)34-13-17-36(18-14-34)28(40)42-30(4,5)6/h7-10,19-20H,11-18H2,1-6H3. The van der Waals surface area contributed by atoms with Crippen LogP contribution in [0.15, 0.2) is 36.7 Å². The highest BCUT2D eigenvalue weighted by Crippen LogP contribution is 2.19. The molecule has 12 heteroatoms. The molecule has 226 valence electrons. The average molecular weight is 581 g/mol. The summed E-state index contributed by atoms with van der Waals surface area (Å²) < 4.78 is 10.8. The molecule has 2 aromatic rings. The number of carbonyl (C=O) groups is 4. The van der Waals surface area contributed by atoms with E-state index >= 15 is 0 Å². The molecule has 0 atom stereocenters. The third-order valence-electron chi connectivity index (χ3n) is 6.72. The molecule has 0 saturated carbocycles. The second kappa shape index (κ2) is 12.3. The van der Waals surface area contributed by atoms with Crippen molar-refractivity contribution in [1.29, 1.82) is 0 Å². The highest BCUT2D eigenvalue weighted by Gasteiger charge is 2.29. The summed E-state index contributed by atoms with van der Waals surface area (Å²) in [5.74, 6) is -0.308. The summed E-state index contributed by atoms with van der Waals surface area (Å²) in [5.41, 5.74) is 0.909. The molecule has 0 radical (unpaired) electrons. The molecule has 4 rings (SSSR count). The molecule has 4 amide bonds. The zero-order chi connectivity index (χ0) is 30.7. The van der Waals surface area contributed by atoms with Gasteiger partial charge in [-0.1, -0.05) is 0 Å². The van der Waals surface area contributed by atoms with E-state index in [0.29, 0.717) is 74.9 Å². The fraction of sp³-hybridized carbons (Fsp3) is 0.533. The Morgan fingerprint density at radius 1 is 0.548 bits per heavy atom. The summed E-state index contributed by atoms with van der Waals surface area (Å²) in [6.45, 7) is 14.2. The summed E-state index contributed by atoms with van der Waals surface area (Å²) in [5, 5.41) is 0. The van der Waals surface area contributed by atoms with Gasteiger partial charge in [0.05, 0.1) is 22.5 Å². The number of pyridine rings is 2. The van der Waals surface area contributed by atoms with Crippen LogP contribution in [0.4, 0.5) is 9.59 Å². The normalized spacial score (nSPS) is 16.2. The Bertz CT molecular complexity index is 1180. The SMILES string of the molecule is CC(C)(C)OC(=O)N1CCN(C(=O)c2ccc(-c3ccc(C(=O)N4CCN(C(=O)OC(C)(C)C)CC4)cn3)nc2)CC1. The van der Waals surface area contributed by atoms with E-state index in [1.807, 2.05) is 41.5 Å². The van der Waals surface area contributed by atoms with Crippen LogP contribution in [0.2, 0.25) is 0 Å². The Kier molecular flexibility index (Phi) is 9.03. The largest absolute Gasteiger partial charge is 0.444 e. The lowest BCUT2D eigenvalue weighted by Gasteiger charge is -2.35. The van der Waals surface area contributed by atoms with Gasteiger partial charge in [-0.3, -0.25) is 19.6 Å². The zero-order valence-electron chi connectivity index (χ0n) is 25.3. The zero-order valence-corrected chi connectivity index (χ0v) is 25.3. The van der Waals surface area contributed by atoms with Gasteiger partial charge in [0.1, 0.15) is 11.2 Å². The maximum Gasteiger partial charge on any atom is 0.410 e. The first-order valence-electron chi connectivity index (χ1n) is 14.2. The summed E-state index contributed by atoms with van der Waals surface area (Å²) in [6, 6.07) is 6.86. The van der Waals surface area contributed by atoms with Gasteiger partial charge in [0.15, 0.2) is 0 Å². The van der Waals surface area contributed by atoms with Gasteiger partial charge in [0, 0.05) is 64.8 Å². The van der Waals surface area contributed by atoms with Crippen LogP contribution in [0.3, 0.4) is 0 Å². The minimum Gasteiger partial charge on any atom is -0.444 e. The topological polar surface area (TPSA) is 125 Å². The molecule has 2 saturated heterocycles. The molecule has 2 aromatic heterocycles. The third-order valence-corrected chi connectivity index (χ3v) is 6.72. The lowest BCUT2D eigenvalue weighted by molar-refractivity contribution is 0.0136. The molecule has 4 heterocycles. The molecule has 0 unspecified atom stereocenters. The first kappa shape index (κ1) is 30.7. The second-order valence-electron chi connectivity index (χ2n) is 12.4. The number of amides is 4. The Balaban J connectivity index is 1.29. The summed E-state index contributed by atoms with van der Waals surface area (Å²) in [6.07, 6.45) is 2.29. The van der Waals surface area contributed by atoms with Crippen LogP contribution in [0.25, 0.3) is 11.4 Å². The van der Waals surface area contributed by atoms with Gasteiger partial charge in [-0.2, -0.15) is 0 Å². The van der Waals surface area contributed by atoms with E-state index in [1.165, 1.54) is 12.4 Å². The van der Waals surface area contributed by atoms with E-state index in [2.05, 4.69) is 9.97 Å². The predicted molar refractivity (Wildman–Crippen MR) is 155 cm³/mol. The predicted octanol–water partition coefficient (Wildman–Crippen LogP) is 3.53. The van der Waals surface area contributed by atoms with Crippen LogP contribution < -0.4 is 0 Å². The minimum atomic E-state index is -0.567. The van der Waals surface area contributed by atoms with Crippen molar-refractivity contribution in [2.24, 2.45) is 0 Å². The molecule has 2 fully saturated rings. The van der Waals surface area contributed by atoms with Gasteiger partial charge in [0.2, 0.25) is 0 Å². The molecule has 2 aliphatic heterocycles. The van der Waals surface area contributed by atoms with Gasteiger partial charge >= 0.3 is 12.2 Å². The lowest BCUT2D eigenvalue weighted by atomic mass is 10.1. The first-order valence-corrected chi connectivity index (χ1v) is 14.2. The fourth-order valence-corrected chi connectivity index (χ4v) is 4.55. The molecule has 0 bridgehead atoms. The van der Waals surface area contributed by atoms with Gasteiger partial charge in [-0.25, -0.2) is 9.59 Å². The Morgan fingerprint density at radius 3 is 1.12 bits per heavy atom. The van der Waals surface area contributed by atoms with Crippen molar-refractivity contribution in [2.75, 3.05) is 52.4 Å². The van der Waals surface area contributed by atoms with E-state index in [0.717, 1.165) is 0 Å².